The first-order valence-corrected chi connectivity index (χ1v) is 15.5. The zero-order valence-electron chi connectivity index (χ0n) is 24.9. The van der Waals surface area contributed by atoms with Crippen LogP contribution in [0.2, 0.25) is 0 Å². The van der Waals surface area contributed by atoms with Gasteiger partial charge in [0.25, 0.3) is 0 Å². The lowest BCUT2D eigenvalue weighted by atomic mass is 9.48. The van der Waals surface area contributed by atoms with Gasteiger partial charge >= 0.3 is 6.18 Å². The Bertz CT molecular complexity index is 1470. The topological polar surface area (TPSA) is 62.2 Å². The summed E-state index contributed by atoms with van der Waals surface area (Å²) in [5, 5.41) is 12.8. The lowest BCUT2D eigenvalue weighted by molar-refractivity contribution is -0.202. The average molecular weight is 597 g/mol. The van der Waals surface area contributed by atoms with E-state index in [4.69, 9.17) is 9.47 Å². The normalized spacial score (nSPS) is 31.2. The van der Waals surface area contributed by atoms with Crippen molar-refractivity contribution in [3.63, 3.8) is 0 Å². The van der Waals surface area contributed by atoms with Crippen LogP contribution in [0.15, 0.2) is 42.5 Å². The van der Waals surface area contributed by atoms with Gasteiger partial charge in [-0.05, 0) is 100 Å². The monoisotopic (exact) mass is 596 g/mol. The summed E-state index contributed by atoms with van der Waals surface area (Å²) in [6.07, 6.45) is 2.94. The number of alkyl halides is 3. The highest BCUT2D eigenvalue weighted by atomic mass is 19.4. The number of piperidine rings is 1. The third kappa shape index (κ3) is 4.32. The molecule has 2 aromatic rings. The number of hydrogen-bond donors (Lipinski definition) is 1. The number of aliphatic hydroxyl groups is 1. The molecule has 0 aromatic heterocycles. The van der Waals surface area contributed by atoms with Crippen molar-refractivity contribution in [2.24, 2.45) is 5.92 Å². The number of rotatable bonds is 7. The molecular weight excluding hydrogens is 557 g/mol. The summed E-state index contributed by atoms with van der Waals surface area (Å²) in [6.45, 7) is 5.76. The molecule has 3 aliphatic carbocycles. The van der Waals surface area contributed by atoms with Crippen LogP contribution in [0.3, 0.4) is 0 Å². The molecule has 5 atom stereocenters. The Balaban J connectivity index is 1.26. The van der Waals surface area contributed by atoms with Gasteiger partial charge in [0.05, 0.1) is 29.7 Å². The van der Waals surface area contributed by atoms with Gasteiger partial charge in [0.2, 0.25) is 5.91 Å². The Labute approximate surface area is 250 Å². The summed E-state index contributed by atoms with van der Waals surface area (Å²) in [7, 11) is 1.62. The van der Waals surface area contributed by atoms with Crippen molar-refractivity contribution in [1.29, 1.82) is 0 Å². The van der Waals surface area contributed by atoms with E-state index < -0.39 is 28.9 Å². The van der Waals surface area contributed by atoms with Crippen LogP contribution in [0.25, 0.3) is 6.08 Å². The number of methoxy groups -OCH3 is 1. The summed E-state index contributed by atoms with van der Waals surface area (Å²) in [5.41, 5.74) is 0.0840. The molecule has 0 radical (unpaired) electrons. The van der Waals surface area contributed by atoms with Crippen LogP contribution < -0.4 is 9.47 Å². The number of hydrogen-bond acceptors (Lipinski definition) is 5. The van der Waals surface area contributed by atoms with Crippen LogP contribution in [-0.2, 0) is 22.8 Å². The molecule has 2 aliphatic heterocycles. The highest BCUT2D eigenvalue weighted by molar-refractivity contribution is 5.92. The third-order valence-electron chi connectivity index (χ3n) is 10.7. The fraction of sp³-hybridized carbons (Fsp3) is 0.559. The molecule has 2 aromatic carbocycles. The van der Waals surface area contributed by atoms with Crippen molar-refractivity contribution in [1.82, 2.24) is 9.80 Å². The van der Waals surface area contributed by atoms with E-state index in [9.17, 15) is 23.1 Å². The average Bonchev–Trinajstić information content (AvgIpc) is 3.71. The molecule has 6 nitrogen and oxygen atoms in total. The Hall–Kier alpha value is -3.04. The highest BCUT2D eigenvalue weighted by Crippen LogP contribution is 2.66. The van der Waals surface area contributed by atoms with Gasteiger partial charge in [-0.3, -0.25) is 9.69 Å². The first-order chi connectivity index (χ1) is 20.5. The van der Waals surface area contributed by atoms with Crippen molar-refractivity contribution in [3.8, 4) is 11.5 Å². The molecular formula is C34H39F3N2O4. The third-order valence-corrected chi connectivity index (χ3v) is 10.7. The van der Waals surface area contributed by atoms with Gasteiger partial charge in [-0.25, -0.2) is 0 Å². The predicted molar refractivity (Wildman–Crippen MR) is 156 cm³/mol. The molecule has 9 heteroatoms. The zero-order valence-corrected chi connectivity index (χ0v) is 24.9. The van der Waals surface area contributed by atoms with Crippen molar-refractivity contribution >= 4 is 12.0 Å². The molecule has 2 bridgehead atoms. The Morgan fingerprint density at radius 2 is 2.00 bits per heavy atom. The second kappa shape index (κ2) is 9.99. The van der Waals surface area contributed by atoms with E-state index >= 15 is 0 Å². The molecule has 2 saturated carbocycles. The highest BCUT2D eigenvalue weighted by Gasteiger charge is 2.73. The summed E-state index contributed by atoms with van der Waals surface area (Å²) in [5.74, 6) is 1.73. The summed E-state index contributed by atoms with van der Waals surface area (Å²) >= 11 is 0. The molecule has 2 unspecified atom stereocenters. The number of ether oxygens (including phenoxy) is 2. The number of carbonyl (C=O) groups excluding carboxylic acids is 1. The summed E-state index contributed by atoms with van der Waals surface area (Å²) < 4.78 is 52.4. The van der Waals surface area contributed by atoms with E-state index in [-0.39, 0.29) is 24.0 Å². The quantitative estimate of drug-likeness (QED) is 0.422. The van der Waals surface area contributed by atoms with Crippen molar-refractivity contribution in [2.75, 3.05) is 20.2 Å². The van der Waals surface area contributed by atoms with Gasteiger partial charge in [0.15, 0.2) is 11.5 Å². The van der Waals surface area contributed by atoms with Crippen LogP contribution in [-0.4, -0.2) is 70.8 Å². The van der Waals surface area contributed by atoms with Gasteiger partial charge in [-0.1, -0.05) is 18.2 Å². The minimum Gasteiger partial charge on any atom is -0.493 e. The van der Waals surface area contributed by atoms with E-state index in [1.807, 2.05) is 19.9 Å². The van der Waals surface area contributed by atoms with Crippen LogP contribution >= 0.6 is 0 Å². The Morgan fingerprint density at radius 3 is 2.70 bits per heavy atom. The van der Waals surface area contributed by atoms with Crippen molar-refractivity contribution in [2.45, 2.75) is 93.8 Å². The first-order valence-electron chi connectivity index (χ1n) is 15.5. The molecule has 43 heavy (non-hydrogen) atoms. The van der Waals surface area contributed by atoms with Crippen LogP contribution in [0.5, 0.6) is 11.5 Å². The lowest BCUT2D eigenvalue weighted by Gasteiger charge is -2.65. The zero-order chi connectivity index (χ0) is 30.3. The second-order valence-electron chi connectivity index (χ2n) is 13.4. The molecule has 3 fully saturated rings. The molecule has 1 amide bonds. The lowest BCUT2D eigenvalue weighted by Crippen LogP contribution is -2.78. The smallest absolute Gasteiger partial charge is 0.416 e. The molecule has 1 spiro atoms. The van der Waals surface area contributed by atoms with Gasteiger partial charge in [0, 0.05) is 30.3 Å². The summed E-state index contributed by atoms with van der Waals surface area (Å²) in [4.78, 5) is 18.2. The van der Waals surface area contributed by atoms with Gasteiger partial charge < -0.3 is 19.5 Å². The van der Waals surface area contributed by atoms with Gasteiger partial charge in [-0.15, -0.1) is 0 Å². The molecule has 5 aliphatic rings. The summed E-state index contributed by atoms with van der Waals surface area (Å²) in [6, 6.07) is 8.48. The van der Waals surface area contributed by atoms with E-state index in [0.717, 1.165) is 43.6 Å². The number of likely N-dealkylation sites (tertiary alicyclic amines) is 1. The molecule has 2 heterocycles. The number of benzene rings is 2. The largest absolute Gasteiger partial charge is 0.493 e. The minimum atomic E-state index is -4.46. The Morgan fingerprint density at radius 1 is 1.21 bits per heavy atom. The molecule has 1 saturated heterocycles. The van der Waals surface area contributed by atoms with Gasteiger partial charge in [0.1, 0.15) is 6.10 Å². The standard InChI is InChI=1S/C34H39F3N2O4/c1-20(2)39(28(40)12-9-21-5-4-6-24(17-21)34(35,36)37)25-13-14-33(41)27-18-23-10-11-26(42-3)30-29(23)32(33,31(25)43-30)15-16-38(27)19-22-7-8-22/h4-6,9-12,17,20,22,25,27,31,41H,7-8,13-16,18-19H2,1-3H3/b12-9+/t25?,27-,31?,32+,33-/m1/s1. The minimum absolute atomic E-state index is 0.0234. The van der Waals surface area contributed by atoms with Crippen LogP contribution in [0.4, 0.5) is 13.2 Å². The van der Waals surface area contributed by atoms with Crippen molar-refractivity contribution < 1.29 is 32.5 Å². The van der Waals surface area contributed by atoms with E-state index in [2.05, 4.69) is 11.0 Å². The van der Waals surface area contributed by atoms with E-state index in [1.165, 1.54) is 36.6 Å². The molecule has 7 rings (SSSR count). The number of nitrogens with zero attached hydrogens (tertiary/aromatic N) is 2. The number of carbonyl (C=O) groups is 1. The number of halogens is 3. The van der Waals surface area contributed by atoms with Gasteiger partial charge in [-0.2, -0.15) is 13.2 Å². The predicted octanol–water partition coefficient (Wildman–Crippen LogP) is 5.60. The Kier molecular flexibility index (Phi) is 6.67. The second-order valence-corrected chi connectivity index (χ2v) is 13.4. The fourth-order valence-corrected chi connectivity index (χ4v) is 8.76. The maximum atomic E-state index is 13.9. The van der Waals surface area contributed by atoms with E-state index in [1.54, 1.807) is 18.1 Å². The maximum Gasteiger partial charge on any atom is 0.416 e. The number of amides is 1. The molecule has 230 valence electrons. The maximum absolute atomic E-state index is 13.9. The SMILES string of the molecule is COc1ccc2c3c1OC1C(N(C(=O)/C=C/c4cccc(C(F)(F)F)c4)C(C)C)CC[C@@]4(O)[C@@H](C2)N(CC2CC2)CC[C@]314. The van der Waals surface area contributed by atoms with Crippen molar-refractivity contribution in [3.05, 3.63) is 64.7 Å². The van der Waals surface area contributed by atoms with Crippen LogP contribution in [0, 0.1) is 5.92 Å². The van der Waals surface area contributed by atoms with Crippen LogP contribution in [0.1, 0.15) is 68.2 Å². The first kappa shape index (κ1) is 28.7. The fourth-order valence-electron chi connectivity index (χ4n) is 8.76. The molecule has 1 N–H and O–H groups in total. The van der Waals surface area contributed by atoms with E-state index in [0.29, 0.717) is 35.8 Å².